The largest absolute Gasteiger partial charge is 0.493 e. The number of carbonyl (C=O) groups excluding carboxylic acids is 1. The number of ether oxygens (including phenoxy) is 2. The van der Waals surface area contributed by atoms with Crippen molar-refractivity contribution >= 4 is 22.5 Å². The van der Waals surface area contributed by atoms with Crippen molar-refractivity contribution in [3.8, 4) is 11.5 Å². The van der Waals surface area contributed by atoms with E-state index < -0.39 is 5.69 Å². The molecule has 0 unspecified atom stereocenters. The number of amides is 1. The molecule has 29 heavy (non-hydrogen) atoms. The van der Waals surface area contributed by atoms with Gasteiger partial charge >= 0.3 is 5.69 Å². The summed E-state index contributed by atoms with van der Waals surface area (Å²) in [6.45, 7) is -0.0949. The second-order valence-corrected chi connectivity index (χ2v) is 7.40. The smallest absolute Gasteiger partial charge is 0.352 e. The molecule has 154 valence electrons. The van der Waals surface area contributed by atoms with Crippen molar-refractivity contribution in [3.05, 3.63) is 28.9 Å². The minimum absolute atomic E-state index is 0.0949. The third kappa shape index (κ3) is 3.41. The Morgan fingerprint density at radius 3 is 2.55 bits per heavy atom. The molecule has 0 atom stereocenters. The Morgan fingerprint density at radius 1 is 1.17 bits per heavy atom. The monoisotopic (exact) mass is 399 g/mol. The molecule has 0 saturated heterocycles. The van der Waals surface area contributed by atoms with Gasteiger partial charge in [-0.05, 0) is 18.9 Å². The maximum Gasteiger partial charge on any atom is 0.352 e. The number of nitrogens with zero attached hydrogens (tertiary/aromatic N) is 5. The first kappa shape index (κ1) is 19.2. The van der Waals surface area contributed by atoms with Gasteiger partial charge in [0.25, 0.3) is 0 Å². The van der Waals surface area contributed by atoms with Gasteiger partial charge in [-0.2, -0.15) is 0 Å². The molecule has 0 N–H and O–H groups in total. The van der Waals surface area contributed by atoms with E-state index in [0.717, 1.165) is 25.7 Å². The highest BCUT2D eigenvalue weighted by atomic mass is 16.5. The van der Waals surface area contributed by atoms with Gasteiger partial charge in [-0.3, -0.25) is 4.79 Å². The van der Waals surface area contributed by atoms with E-state index in [4.69, 9.17) is 9.47 Å². The lowest BCUT2D eigenvalue weighted by atomic mass is 9.94. The van der Waals surface area contributed by atoms with Crippen molar-refractivity contribution in [1.29, 1.82) is 0 Å². The number of methoxy groups -OCH3 is 2. The zero-order valence-electron chi connectivity index (χ0n) is 16.9. The lowest BCUT2D eigenvalue weighted by Gasteiger charge is -2.31. The molecule has 9 heteroatoms. The van der Waals surface area contributed by atoms with Gasteiger partial charge in [0.2, 0.25) is 5.91 Å². The number of benzene rings is 1. The number of rotatable bonds is 5. The second kappa shape index (κ2) is 7.73. The Kier molecular flexibility index (Phi) is 5.12. The maximum atomic E-state index is 12.8. The summed E-state index contributed by atoms with van der Waals surface area (Å²) in [4.78, 5) is 31.6. The van der Waals surface area contributed by atoms with E-state index in [2.05, 4.69) is 10.1 Å². The summed E-state index contributed by atoms with van der Waals surface area (Å²) >= 11 is 0. The summed E-state index contributed by atoms with van der Waals surface area (Å²) in [7, 11) is 4.91. The van der Waals surface area contributed by atoms with E-state index in [1.807, 2.05) is 7.05 Å². The van der Waals surface area contributed by atoms with Gasteiger partial charge in [0, 0.05) is 24.5 Å². The van der Waals surface area contributed by atoms with Crippen molar-refractivity contribution in [3.63, 3.8) is 0 Å². The average molecular weight is 399 g/mol. The summed E-state index contributed by atoms with van der Waals surface area (Å²) in [5, 5.41) is 5.07. The third-order valence-electron chi connectivity index (χ3n) is 5.73. The van der Waals surface area contributed by atoms with Gasteiger partial charge in [0.1, 0.15) is 12.9 Å². The van der Waals surface area contributed by atoms with Gasteiger partial charge in [-0.15, -0.1) is 5.10 Å². The van der Waals surface area contributed by atoms with Crippen LogP contribution in [0.4, 0.5) is 0 Å². The van der Waals surface area contributed by atoms with Gasteiger partial charge in [0.05, 0.1) is 19.7 Å². The predicted octanol–water partition coefficient (Wildman–Crippen LogP) is 1.85. The Bertz CT molecular complexity index is 1110. The molecule has 2 heterocycles. The topological polar surface area (TPSA) is 91.0 Å². The average Bonchev–Trinajstić information content (AvgIpc) is 3.08. The van der Waals surface area contributed by atoms with Gasteiger partial charge in [-0.25, -0.2) is 18.9 Å². The standard InChI is InChI=1S/C20H25N5O4/c1-23(13-7-5-4-6-8-13)18(26)11-25-20(27)24-12-21-15-10-17(29-3)16(28-2)9-14(15)19(24)22-25/h9-10,12-13H,4-8,11H2,1-3H3. The molecular formula is C20H25N5O4. The molecule has 1 amide bonds. The number of hydrogen-bond donors (Lipinski definition) is 0. The van der Waals surface area contributed by atoms with Crippen molar-refractivity contribution in [2.24, 2.45) is 0 Å². The molecule has 0 spiro atoms. The first-order valence-electron chi connectivity index (χ1n) is 9.79. The summed E-state index contributed by atoms with van der Waals surface area (Å²) in [6.07, 6.45) is 6.94. The fourth-order valence-corrected chi connectivity index (χ4v) is 4.00. The summed E-state index contributed by atoms with van der Waals surface area (Å²) in [5.74, 6) is 0.951. The summed E-state index contributed by atoms with van der Waals surface area (Å²) in [5.41, 5.74) is 0.654. The van der Waals surface area contributed by atoms with Gasteiger partial charge < -0.3 is 14.4 Å². The molecule has 1 fully saturated rings. The zero-order chi connectivity index (χ0) is 20.5. The molecule has 2 aromatic heterocycles. The number of likely N-dealkylation sites (N-methyl/N-ethyl adjacent to an activating group) is 1. The Morgan fingerprint density at radius 2 is 1.86 bits per heavy atom. The van der Waals surface area contributed by atoms with Crippen LogP contribution < -0.4 is 15.2 Å². The van der Waals surface area contributed by atoms with E-state index in [1.54, 1.807) is 31.3 Å². The highest BCUT2D eigenvalue weighted by Gasteiger charge is 2.23. The van der Waals surface area contributed by atoms with Crippen molar-refractivity contribution in [2.75, 3.05) is 21.3 Å². The number of aromatic nitrogens is 4. The summed E-state index contributed by atoms with van der Waals surface area (Å²) < 4.78 is 13.2. The molecule has 1 aliphatic rings. The maximum absolute atomic E-state index is 12.8. The molecule has 0 aliphatic heterocycles. The SMILES string of the molecule is COc1cc2ncn3c(=O)n(CC(=O)N(C)C4CCCCC4)nc3c2cc1OC. The van der Waals surface area contributed by atoms with Crippen LogP contribution in [0.25, 0.3) is 16.6 Å². The van der Waals surface area contributed by atoms with Crippen LogP contribution in [0.2, 0.25) is 0 Å². The summed E-state index contributed by atoms with van der Waals surface area (Å²) in [6, 6.07) is 3.71. The van der Waals surface area contributed by atoms with Crippen LogP contribution in [0.3, 0.4) is 0 Å². The van der Waals surface area contributed by atoms with Crippen LogP contribution in [-0.4, -0.2) is 57.3 Å². The van der Waals surface area contributed by atoms with Crippen LogP contribution in [0.15, 0.2) is 23.3 Å². The van der Waals surface area contributed by atoms with E-state index in [9.17, 15) is 9.59 Å². The normalized spacial score (nSPS) is 15.0. The van der Waals surface area contributed by atoms with Crippen LogP contribution in [0.5, 0.6) is 11.5 Å². The third-order valence-corrected chi connectivity index (χ3v) is 5.73. The van der Waals surface area contributed by atoms with Gasteiger partial charge in [-0.1, -0.05) is 19.3 Å². The Labute approximate surface area is 167 Å². The highest BCUT2D eigenvalue weighted by Crippen LogP contribution is 2.32. The molecule has 1 aromatic carbocycles. The molecule has 3 aromatic rings. The zero-order valence-corrected chi connectivity index (χ0v) is 16.9. The van der Waals surface area contributed by atoms with Gasteiger partial charge in [0.15, 0.2) is 17.1 Å². The molecule has 0 radical (unpaired) electrons. The Balaban J connectivity index is 1.70. The number of fused-ring (bicyclic) bond motifs is 3. The van der Waals surface area contributed by atoms with Crippen LogP contribution in [0, 0.1) is 0 Å². The first-order chi connectivity index (χ1) is 14.0. The number of carbonyl (C=O) groups is 1. The number of hydrogen-bond acceptors (Lipinski definition) is 6. The minimum Gasteiger partial charge on any atom is -0.493 e. The fraction of sp³-hybridized carbons (Fsp3) is 0.500. The molecule has 0 bridgehead atoms. The van der Waals surface area contributed by atoms with Crippen molar-refractivity contribution in [1.82, 2.24) is 24.1 Å². The second-order valence-electron chi connectivity index (χ2n) is 7.40. The minimum atomic E-state index is -0.394. The molecule has 9 nitrogen and oxygen atoms in total. The predicted molar refractivity (Wildman–Crippen MR) is 108 cm³/mol. The van der Waals surface area contributed by atoms with E-state index in [1.165, 1.54) is 21.8 Å². The first-order valence-corrected chi connectivity index (χ1v) is 9.79. The van der Waals surface area contributed by atoms with Crippen LogP contribution in [-0.2, 0) is 11.3 Å². The molecule has 1 aliphatic carbocycles. The van der Waals surface area contributed by atoms with Crippen LogP contribution >= 0.6 is 0 Å². The highest BCUT2D eigenvalue weighted by molar-refractivity contribution is 5.93. The fourth-order valence-electron chi connectivity index (χ4n) is 4.00. The van der Waals surface area contributed by atoms with Crippen molar-refractivity contribution in [2.45, 2.75) is 44.7 Å². The molecule has 4 rings (SSSR count). The van der Waals surface area contributed by atoms with Crippen LogP contribution in [0.1, 0.15) is 32.1 Å². The lowest BCUT2D eigenvalue weighted by molar-refractivity contribution is -0.133. The van der Waals surface area contributed by atoms with E-state index >= 15 is 0 Å². The molecule has 1 saturated carbocycles. The lowest BCUT2D eigenvalue weighted by Crippen LogP contribution is -2.41. The van der Waals surface area contributed by atoms with Crippen molar-refractivity contribution < 1.29 is 14.3 Å². The van der Waals surface area contributed by atoms with E-state index in [0.29, 0.717) is 28.0 Å². The Hall–Kier alpha value is -3.10. The quantitative estimate of drug-likeness (QED) is 0.650. The van der Waals surface area contributed by atoms with E-state index in [-0.39, 0.29) is 18.5 Å². The molecular weight excluding hydrogens is 374 g/mol.